The van der Waals surface area contributed by atoms with E-state index in [-0.39, 0.29) is 30.4 Å². The summed E-state index contributed by atoms with van der Waals surface area (Å²) in [4.78, 5) is 10.9. The van der Waals surface area contributed by atoms with Gasteiger partial charge in [-0.2, -0.15) is 0 Å². The summed E-state index contributed by atoms with van der Waals surface area (Å²) in [6.07, 6.45) is 1.49. The quantitative estimate of drug-likeness (QED) is 0.676. The lowest BCUT2D eigenvalue weighted by Crippen LogP contribution is -2.37. The lowest BCUT2D eigenvalue weighted by atomic mass is 10.00. The molecule has 0 aromatic heterocycles. The van der Waals surface area contributed by atoms with Crippen LogP contribution >= 0.6 is 12.4 Å². The van der Waals surface area contributed by atoms with E-state index >= 15 is 0 Å². The first-order chi connectivity index (χ1) is 5.09. The van der Waals surface area contributed by atoms with Crippen LogP contribution in [0.3, 0.4) is 0 Å². The predicted molar refractivity (Wildman–Crippen MR) is 51.2 cm³/mol. The van der Waals surface area contributed by atoms with Gasteiger partial charge in [0.1, 0.15) is 0 Å². The van der Waals surface area contributed by atoms with Crippen molar-refractivity contribution in [2.75, 3.05) is 0 Å². The number of hydrogen-bond donors (Lipinski definition) is 2. The minimum absolute atomic E-state index is 0. The summed E-state index contributed by atoms with van der Waals surface area (Å²) in [5, 5.41) is 2.87. The maximum atomic E-state index is 10.9. The Balaban J connectivity index is 0.00000121. The highest BCUT2D eigenvalue weighted by Crippen LogP contribution is 2.13. The number of amides is 1. The Hall–Kier alpha value is -0.280. The van der Waals surface area contributed by atoms with Crippen molar-refractivity contribution in [1.82, 2.24) is 5.32 Å². The number of nitrogens with two attached hydrogens (primary N) is 1. The average molecular weight is 193 g/mol. The van der Waals surface area contributed by atoms with Crippen molar-refractivity contribution in [2.24, 2.45) is 11.7 Å². The van der Waals surface area contributed by atoms with Crippen LogP contribution in [-0.2, 0) is 4.79 Å². The molecule has 0 saturated carbocycles. The molecule has 12 heavy (non-hydrogen) atoms. The molecular weight excluding hydrogens is 176 g/mol. The molecule has 0 aromatic carbocycles. The SMILES string of the molecule is CC(C)C[C@@H]1NC(=O)C[C@@H]1N.Cl. The fourth-order valence-electron chi connectivity index (χ4n) is 1.47. The standard InChI is InChI=1S/C8H16N2O.ClH/c1-5(2)3-7-6(9)4-8(11)10-7;/h5-7H,3-4,9H2,1-2H3,(H,10,11);1H/t6-,7-;/m0./s1. The largest absolute Gasteiger partial charge is 0.352 e. The van der Waals surface area contributed by atoms with Gasteiger partial charge in [0.05, 0.1) is 0 Å². The van der Waals surface area contributed by atoms with Gasteiger partial charge in [-0.1, -0.05) is 13.8 Å². The minimum atomic E-state index is 0. The molecule has 1 saturated heterocycles. The topological polar surface area (TPSA) is 55.1 Å². The molecule has 3 N–H and O–H groups in total. The summed E-state index contributed by atoms with van der Waals surface area (Å²) in [7, 11) is 0. The molecule has 1 aliphatic heterocycles. The second-order valence-electron chi connectivity index (χ2n) is 3.67. The molecule has 0 aromatic rings. The smallest absolute Gasteiger partial charge is 0.221 e. The Labute approximate surface area is 79.5 Å². The molecule has 1 aliphatic rings. The predicted octanol–water partition coefficient (Wildman–Crippen LogP) is 0.670. The highest BCUT2D eigenvalue weighted by Gasteiger charge is 2.29. The molecule has 3 nitrogen and oxygen atoms in total. The van der Waals surface area contributed by atoms with Crippen LogP contribution in [0.5, 0.6) is 0 Å². The van der Waals surface area contributed by atoms with Gasteiger partial charge in [0.2, 0.25) is 5.91 Å². The normalized spacial score (nSPS) is 28.5. The van der Waals surface area contributed by atoms with Crippen molar-refractivity contribution < 1.29 is 4.79 Å². The van der Waals surface area contributed by atoms with Crippen molar-refractivity contribution in [3.05, 3.63) is 0 Å². The Kier molecular flexibility index (Phi) is 4.57. The molecule has 1 fully saturated rings. The third-order valence-corrected chi connectivity index (χ3v) is 2.01. The summed E-state index contributed by atoms with van der Waals surface area (Å²) in [6.45, 7) is 4.27. The van der Waals surface area contributed by atoms with E-state index in [1.54, 1.807) is 0 Å². The van der Waals surface area contributed by atoms with Crippen molar-refractivity contribution in [2.45, 2.75) is 38.8 Å². The molecule has 0 radical (unpaired) electrons. The number of rotatable bonds is 2. The fraction of sp³-hybridized carbons (Fsp3) is 0.875. The molecule has 0 unspecified atom stereocenters. The van der Waals surface area contributed by atoms with Gasteiger partial charge < -0.3 is 11.1 Å². The molecular formula is C8H17ClN2O. The molecule has 0 aliphatic carbocycles. The third-order valence-electron chi connectivity index (χ3n) is 2.01. The van der Waals surface area contributed by atoms with Crippen molar-refractivity contribution in [3.63, 3.8) is 0 Å². The molecule has 2 atom stereocenters. The Morgan fingerprint density at radius 2 is 2.25 bits per heavy atom. The van der Waals surface area contributed by atoms with E-state index in [9.17, 15) is 4.79 Å². The Morgan fingerprint density at radius 1 is 1.67 bits per heavy atom. The first kappa shape index (κ1) is 11.7. The zero-order chi connectivity index (χ0) is 8.43. The number of carbonyl (C=O) groups is 1. The number of halogens is 1. The number of nitrogens with one attached hydrogen (secondary N) is 1. The van der Waals surface area contributed by atoms with Gasteiger partial charge in [-0.05, 0) is 12.3 Å². The lowest BCUT2D eigenvalue weighted by Gasteiger charge is -2.16. The third kappa shape index (κ3) is 2.99. The van der Waals surface area contributed by atoms with Crippen LogP contribution in [0.2, 0.25) is 0 Å². The molecule has 0 spiro atoms. The van der Waals surface area contributed by atoms with Gasteiger partial charge in [0.25, 0.3) is 0 Å². The highest BCUT2D eigenvalue weighted by molar-refractivity contribution is 5.85. The maximum absolute atomic E-state index is 10.9. The van der Waals surface area contributed by atoms with Crippen LogP contribution in [0, 0.1) is 5.92 Å². The van der Waals surface area contributed by atoms with Crippen LogP contribution in [0.1, 0.15) is 26.7 Å². The van der Waals surface area contributed by atoms with E-state index in [1.165, 1.54) is 0 Å². The number of carbonyl (C=O) groups excluding carboxylic acids is 1. The van der Waals surface area contributed by atoms with Crippen LogP contribution in [-0.4, -0.2) is 18.0 Å². The zero-order valence-electron chi connectivity index (χ0n) is 7.54. The molecule has 1 heterocycles. The monoisotopic (exact) mass is 192 g/mol. The maximum Gasteiger partial charge on any atom is 0.221 e. The van der Waals surface area contributed by atoms with E-state index in [0.717, 1.165) is 6.42 Å². The van der Waals surface area contributed by atoms with Gasteiger partial charge in [0, 0.05) is 18.5 Å². The second-order valence-corrected chi connectivity index (χ2v) is 3.67. The molecule has 0 bridgehead atoms. The molecule has 4 heteroatoms. The van der Waals surface area contributed by atoms with Crippen LogP contribution < -0.4 is 11.1 Å². The van der Waals surface area contributed by atoms with Gasteiger partial charge >= 0.3 is 0 Å². The molecule has 72 valence electrons. The average Bonchev–Trinajstić information content (AvgIpc) is 2.09. The summed E-state index contributed by atoms with van der Waals surface area (Å²) < 4.78 is 0. The first-order valence-electron chi connectivity index (χ1n) is 4.14. The summed E-state index contributed by atoms with van der Waals surface area (Å²) in [5.74, 6) is 0.701. The number of hydrogen-bond acceptors (Lipinski definition) is 2. The van der Waals surface area contributed by atoms with Gasteiger partial charge in [-0.25, -0.2) is 0 Å². The summed E-state index contributed by atoms with van der Waals surface area (Å²) in [5.41, 5.74) is 5.73. The second kappa shape index (κ2) is 4.67. The van der Waals surface area contributed by atoms with Crippen molar-refractivity contribution >= 4 is 18.3 Å². The van der Waals surface area contributed by atoms with Gasteiger partial charge in [-0.15, -0.1) is 12.4 Å². The summed E-state index contributed by atoms with van der Waals surface area (Å²) >= 11 is 0. The highest BCUT2D eigenvalue weighted by atomic mass is 35.5. The van der Waals surface area contributed by atoms with E-state index in [1.807, 2.05) is 0 Å². The zero-order valence-corrected chi connectivity index (χ0v) is 8.36. The lowest BCUT2D eigenvalue weighted by molar-refractivity contribution is -0.119. The van der Waals surface area contributed by atoms with E-state index in [0.29, 0.717) is 12.3 Å². The Morgan fingerprint density at radius 3 is 2.58 bits per heavy atom. The van der Waals surface area contributed by atoms with Gasteiger partial charge in [-0.3, -0.25) is 4.79 Å². The molecule has 1 rings (SSSR count). The van der Waals surface area contributed by atoms with E-state index in [4.69, 9.17) is 5.73 Å². The summed E-state index contributed by atoms with van der Waals surface area (Å²) in [6, 6.07) is 0.243. The van der Waals surface area contributed by atoms with Crippen molar-refractivity contribution in [3.8, 4) is 0 Å². The minimum Gasteiger partial charge on any atom is -0.352 e. The van der Waals surface area contributed by atoms with E-state index in [2.05, 4.69) is 19.2 Å². The van der Waals surface area contributed by atoms with E-state index < -0.39 is 0 Å². The fourth-order valence-corrected chi connectivity index (χ4v) is 1.47. The van der Waals surface area contributed by atoms with Crippen LogP contribution in [0.15, 0.2) is 0 Å². The Bertz CT molecular complexity index is 161. The molecule has 1 amide bonds. The van der Waals surface area contributed by atoms with Crippen LogP contribution in [0.25, 0.3) is 0 Å². The van der Waals surface area contributed by atoms with Crippen LogP contribution in [0.4, 0.5) is 0 Å². The van der Waals surface area contributed by atoms with Gasteiger partial charge in [0.15, 0.2) is 0 Å². The first-order valence-corrected chi connectivity index (χ1v) is 4.14. The van der Waals surface area contributed by atoms with Crippen molar-refractivity contribution in [1.29, 1.82) is 0 Å².